The second kappa shape index (κ2) is 4.74. The van der Waals surface area contributed by atoms with Crippen molar-refractivity contribution < 1.29 is 0 Å². The summed E-state index contributed by atoms with van der Waals surface area (Å²) in [6, 6.07) is 6.60. The SMILES string of the molecule is Cc1cccc(N)c1NC1CCCN(C)C1. The first-order valence-electron chi connectivity index (χ1n) is 5.97. The molecule has 3 heteroatoms. The first kappa shape index (κ1) is 11.3. The standard InChI is InChI=1S/C13H21N3/c1-10-5-3-7-12(14)13(10)15-11-6-4-8-16(2)9-11/h3,5,7,11,15H,4,6,8-9,14H2,1-2H3. The van der Waals surface area contributed by atoms with Gasteiger partial charge in [0.25, 0.3) is 0 Å². The Hall–Kier alpha value is -1.22. The van der Waals surface area contributed by atoms with E-state index < -0.39 is 0 Å². The van der Waals surface area contributed by atoms with Gasteiger partial charge < -0.3 is 16.0 Å². The number of nitrogens with zero attached hydrogens (tertiary/aromatic N) is 1. The van der Waals surface area contributed by atoms with Crippen LogP contribution in [0.2, 0.25) is 0 Å². The van der Waals surface area contributed by atoms with Gasteiger partial charge in [-0.25, -0.2) is 0 Å². The van der Waals surface area contributed by atoms with Crippen LogP contribution in [0.1, 0.15) is 18.4 Å². The minimum atomic E-state index is 0.530. The van der Waals surface area contributed by atoms with Crippen molar-refractivity contribution in [2.45, 2.75) is 25.8 Å². The molecule has 1 aliphatic rings. The maximum atomic E-state index is 6.00. The number of nitrogens with two attached hydrogens (primary N) is 1. The number of anilines is 2. The summed E-state index contributed by atoms with van der Waals surface area (Å²) in [5.41, 5.74) is 9.20. The second-order valence-corrected chi connectivity index (χ2v) is 4.78. The Morgan fingerprint density at radius 1 is 1.44 bits per heavy atom. The van der Waals surface area contributed by atoms with E-state index >= 15 is 0 Å². The lowest BCUT2D eigenvalue weighted by atomic mass is 10.0. The summed E-state index contributed by atoms with van der Waals surface area (Å²) >= 11 is 0. The van der Waals surface area contributed by atoms with E-state index in [9.17, 15) is 0 Å². The predicted molar refractivity (Wildman–Crippen MR) is 69.7 cm³/mol. The molecule has 1 atom stereocenters. The number of likely N-dealkylation sites (tertiary alicyclic amines) is 1. The smallest absolute Gasteiger partial charge is 0.0606 e. The third-order valence-corrected chi connectivity index (χ3v) is 3.28. The number of nitrogen functional groups attached to an aromatic ring is 1. The van der Waals surface area contributed by atoms with Gasteiger partial charge in [-0.05, 0) is 45.0 Å². The van der Waals surface area contributed by atoms with Crippen LogP contribution >= 0.6 is 0 Å². The van der Waals surface area contributed by atoms with Gasteiger partial charge in [-0.15, -0.1) is 0 Å². The monoisotopic (exact) mass is 219 g/mol. The molecule has 3 N–H and O–H groups in total. The molecular formula is C13H21N3. The van der Waals surface area contributed by atoms with E-state index in [0.717, 1.165) is 17.9 Å². The fourth-order valence-corrected chi connectivity index (χ4v) is 2.38. The average Bonchev–Trinajstić information content (AvgIpc) is 2.24. The quantitative estimate of drug-likeness (QED) is 0.748. The summed E-state index contributed by atoms with van der Waals surface area (Å²) in [5, 5.41) is 3.58. The Morgan fingerprint density at radius 2 is 2.25 bits per heavy atom. The van der Waals surface area contributed by atoms with E-state index in [0.29, 0.717) is 6.04 Å². The molecule has 0 aliphatic carbocycles. The van der Waals surface area contributed by atoms with Gasteiger partial charge in [0.2, 0.25) is 0 Å². The van der Waals surface area contributed by atoms with Crippen LogP contribution in [0.25, 0.3) is 0 Å². The Labute approximate surface area is 97.6 Å². The molecule has 1 unspecified atom stereocenters. The number of para-hydroxylation sites is 1. The van der Waals surface area contributed by atoms with Crippen molar-refractivity contribution in [3.8, 4) is 0 Å². The van der Waals surface area contributed by atoms with Crippen molar-refractivity contribution in [1.82, 2.24) is 4.90 Å². The second-order valence-electron chi connectivity index (χ2n) is 4.78. The summed E-state index contributed by atoms with van der Waals surface area (Å²) in [5.74, 6) is 0. The molecule has 1 aliphatic heterocycles. The largest absolute Gasteiger partial charge is 0.397 e. The van der Waals surface area contributed by atoms with Gasteiger partial charge in [0.05, 0.1) is 11.4 Å². The van der Waals surface area contributed by atoms with E-state index in [1.165, 1.54) is 24.9 Å². The normalized spacial score (nSPS) is 22.0. The molecule has 0 saturated carbocycles. The molecule has 1 heterocycles. The van der Waals surface area contributed by atoms with Crippen molar-refractivity contribution >= 4 is 11.4 Å². The highest BCUT2D eigenvalue weighted by molar-refractivity contribution is 5.70. The van der Waals surface area contributed by atoms with Crippen molar-refractivity contribution in [1.29, 1.82) is 0 Å². The van der Waals surface area contributed by atoms with E-state index in [-0.39, 0.29) is 0 Å². The number of piperidine rings is 1. The lowest BCUT2D eigenvalue weighted by molar-refractivity contribution is 0.261. The van der Waals surface area contributed by atoms with E-state index in [1.807, 2.05) is 12.1 Å². The fraction of sp³-hybridized carbons (Fsp3) is 0.538. The maximum absolute atomic E-state index is 6.00. The predicted octanol–water partition coefficient (Wildman–Crippen LogP) is 2.08. The van der Waals surface area contributed by atoms with Crippen molar-refractivity contribution in [3.05, 3.63) is 23.8 Å². The van der Waals surface area contributed by atoms with E-state index in [1.54, 1.807) is 0 Å². The summed E-state index contributed by atoms with van der Waals surface area (Å²) < 4.78 is 0. The molecule has 0 spiro atoms. The van der Waals surface area contributed by atoms with Gasteiger partial charge in [-0.1, -0.05) is 12.1 Å². The molecule has 3 nitrogen and oxygen atoms in total. The van der Waals surface area contributed by atoms with Crippen LogP contribution in [0, 0.1) is 6.92 Å². The molecule has 0 radical (unpaired) electrons. The number of hydrogen-bond acceptors (Lipinski definition) is 3. The third kappa shape index (κ3) is 2.47. The van der Waals surface area contributed by atoms with Crippen molar-refractivity contribution in [3.63, 3.8) is 0 Å². The molecule has 0 aromatic heterocycles. The van der Waals surface area contributed by atoms with E-state index in [2.05, 4.69) is 30.3 Å². The highest BCUT2D eigenvalue weighted by Crippen LogP contribution is 2.25. The number of likely N-dealkylation sites (N-methyl/N-ethyl adjacent to an activating group) is 1. The van der Waals surface area contributed by atoms with Gasteiger partial charge >= 0.3 is 0 Å². The van der Waals surface area contributed by atoms with Gasteiger partial charge in [0, 0.05) is 12.6 Å². The number of nitrogens with one attached hydrogen (secondary N) is 1. The van der Waals surface area contributed by atoms with Crippen LogP contribution in [0.5, 0.6) is 0 Å². The molecular weight excluding hydrogens is 198 g/mol. The Morgan fingerprint density at radius 3 is 2.94 bits per heavy atom. The molecule has 1 fully saturated rings. The zero-order chi connectivity index (χ0) is 11.5. The highest BCUT2D eigenvalue weighted by atomic mass is 15.1. The zero-order valence-electron chi connectivity index (χ0n) is 10.2. The first-order chi connectivity index (χ1) is 7.66. The maximum Gasteiger partial charge on any atom is 0.0606 e. The Kier molecular flexibility index (Phi) is 3.34. The summed E-state index contributed by atoms with van der Waals surface area (Å²) in [6.45, 7) is 4.42. The van der Waals surface area contributed by atoms with Crippen LogP contribution in [0.3, 0.4) is 0 Å². The van der Waals surface area contributed by atoms with Crippen molar-refractivity contribution in [2.75, 3.05) is 31.2 Å². The zero-order valence-corrected chi connectivity index (χ0v) is 10.2. The number of hydrogen-bond donors (Lipinski definition) is 2. The van der Waals surface area contributed by atoms with Gasteiger partial charge in [-0.2, -0.15) is 0 Å². The summed E-state index contributed by atoms with van der Waals surface area (Å²) in [7, 11) is 2.18. The number of rotatable bonds is 2. The average molecular weight is 219 g/mol. The van der Waals surface area contributed by atoms with Crippen LogP contribution in [-0.2, 0) is 0 Å². The van der Waals surface area contributed by atoms with Crippen LogP contribution in [0.15, 0.2) is 18.2 Å². The van der Waals surface area contributed by atoms with Crippen LogP contribution in [0.4, 0.5) is 11.4 Å². The fourth-order valence-electron chi connectivity index (χ4n) is 2.38. The molecule has 16 heavy (non-hydrogen) atoms. The van der Waals surface area contributed by atoms with Crippen LogP contribution in [-0.4, -0.2) is 31.1 Å². The number of aryl methyl sites for hydroxylation is 1. The molecule has 1 saturated heterocycles. The number of benzene rings is 1. The first-order valence-corrected chi connectivity index (χ1v) is 5.97. The summed E-state index contributed by atoms with van der Waals surface area (Å²) in [4.78, 5) is 2.37. The summed E-state index contributed by atoms with van der Waals surface area (Å²) in [6.07, 6.45) is 2.50. The van der Waals surface area contributed by atoms with E-state index in [4.69, 9.17) is 5.73 Å². The molecule has 88 valence electrons. The van der Waals surface area contributed by atoms with Crippen LogP contribution < -0.4 is 11.1 Å². The Bertz CT molecular complexity index is 342. The van der Waals surface area contributed by atoms with Crippen molar-refractivity contribution in [2.24, 2.45) is 0 Å². The molecule has 0 amide bonds. The lowest BCUT2D eigenvalue weighted by Crippen LogP contribution is -2.40. The van der Waals surface area contributed by atoms with Gasteiger partial charge in [0.1, 0.15) is 0 Å². The van der Waals surface area contributed by atoms with Gasteiger partial charge in [-0.3, -0.25) is 0 Å². The third-order valence-electron chi connectivity index (χ3n) is 3.28. The molecule has 1 aromatic rings. The van der Waals surface area contributed by atoms with Gasteiger partial charge in [0.15, 0.2) is 0 Å². The lowest BCUT2D eigenvalue weighted by Gasteiger charge is -2.31. The topological polar surface area (TPSA) is 41.3 Å². The minimum absolute atomic E-state index is 0.530. The minimum Gasteiger partial charge on any atom is -0.397 e. The molecule has 1 aromatic carbocycles. The molecule has 2 rings (SSSR count). The molecule has 0 bridgehead atoms. The Balaban J connectivity index is 2.08. The highest BCUT2D eigenvalue weighted by Gasteiger charge is 2.17.